The second-order valence-electron chi connectivity index (χ2n) is 2.50. The minimum Gasteiger partial charge on any atom is -0.319 e. The van der Waals surface area contributed by atoms with Gasteiger partial charge in [-0.1, -0.05) is 0 Å². The van der Waals surface area contributed by atoms with E-state index in [1.165, 1.54) is 0 Å². The van der Waals surface area contributed by atoms with E-state index >= 15 is 0 Å². The van der Waals surface area contributed by atoms with Gasteiger partial charge in [0.05, 0.1) is 11.5 Å². The first-order chi connectivity index (χ1) is 4.14. The van der Waals surface area contributed by atoms with E-state index in [-0.39, 0.29) is 0 Å². The van der Waals surface area contributed by atoms with E-state index in [0.717, 1.165) is 6.54 Å². The maximum Gasteiger partial charge on any atom is 0.151 e. The van der Waals surface area contributed by atoms with Crippen LogP contribution in [0.25, 0.3) is 0 Å². The summed E-state index contributed by atoms with van der Waals surface area (Å²) in [6.07, 6.45) is 0. The van der Waals surface area contributed by atoms with Crippen molar-refractivity contribution in [2.75, 3.05) is 25.1 Å². The molecule has 54 valence electrons. The van der Waals surface area contributed by atoms with Crippen LogP contribution in [0, 0.1) is 5.92 Å². The SMILES string of the molecule is CNCC1CS(=O)(=O)C1. The molecule has 0 unspecified atom stereocenters. The lowest BCUT2D eigenvalue weighted by Crippen LogP contribution is -2.41. The third kappa shape index (κ3) is 1.66. The largest absolute Gasteiger partial charge is 0.319 e. The van der Waals surface area contributed by atoms with Crippen LogP contribution in [0.2, 0.25) is 0 Å². The molecular weight excluding hydrogens is 138 g/mol. The summed E-state index contributed by atoms with van der Waals surface area (Å²) in [6.45, 7) is 0.833. The zero-order valence-corrected chi connectivity index (χ0v) is 6.24. The Balaban J connectivity index is 2.28. The molecule has 9 heavy (non-hydrogen) atoms. The van der Waals surface area contributed by atoms with E-state index in [1.54, 1.807) is 0 Å². The molecule has 1 N–H and O–H groups in total. The first kappa shape index (κ1) is 7.02. The number of sulfone groups is 1. The molecule has 0 aromatic rings. The maximum atomic E-state index is 10.5. The number of rotatable bonds is 2. The Morgan fingerprint density at radius 3 is 2.44 bits per heavy atom. The molecule has 0 radical (unpaired) electrons. The highest BCUT2D eigenvalue weighted by molar-refractivity contribution is 7.92. The summed E-state index contributed by atoms with van der Waals surface area (Å²) in [5.74, 6) is 1.14. The van der Waals surface area contributed by atoms with Crippen LogP contribution in [0.1, 0.15) is 0 Å². The molecule has 1 fully saturated rings. The highest BCUT2D eigenvalue weighted by atomic mass is 32.2. The van der Waals surface area contributed by atoms with Gasteiger partial charge in [-0.2, -0.15) is 0 Å². The molecule has 0 amide bonds. The second-order valence-corrected chi connectivity index (χ2v) is 4.65. The fourth-order valence-electron chi connectivity index (χ4n) is 1.08. The van der Waals surface area contributed by atoms with E-state index in [2.05, 4.69) is 5.32 Å². The lowest BCUT2D eigenvalue weighted by molar-refractivity contribution is 0.506. The van der Waals surface area contributed by atoms with Crippen molar-refractivity contribution in [3.8, 4) is 0 Å². The van der Waals surface area contributed by atoms with Gasteiger partial charge in [-0.15, -0.1) is 0 Å². The minimum absolute atomic E-state index is 0.375. The van der Waals surface area contributed by atoms with E-state index < -0.39 is 9.84 Å². The number of hydrogen-bond donors (Lipinski definition) is 1. The van der Waals surface area contributed by atoms with E-state index in [9.17, 15) is 8.42 Å². The average molecular weight is 149 g/mol. The van der Waals surface area contributed by atoms with Crippen molar-refractivity contribution in [2.45, 2.75) is 0 Å². The topological polar surface area (TPSA) is 46.2 Å². The lowest BCUT2D eigenvalue weighted by Gasteiger charge is -2.24. The van der Waals surface area contributed by atoms with Crippen molar-refractivity contribution < 1.29 is 8.42 Å². The summed E-state index contributed by atoms with van der Waals surface area (Å²) < 4.78 is 21.1. The second kappa shape index (κ2) is 2.27. The van der Waals surface area contributed by atoms with Gasteiger partial charge in [0, 0.05) is 0 Å². The summed E-state index contributed by atoms with van der Waals surface area (Å²) in [5, 5.41) is 2.94. The zero-order valence-electron chi connectivity index (χ0n) is 5.42. The van der Waals surface area contributed by atoms with Crippen LogP contribution >= 0.6 is 0 Å². The molecule has 0 bridgehead atoms. The fraction of sp³-hybridized carbons (Fsp3) is 1.00. The van der Waals surface area contributed by atoms with Crippen molar-refractivity contribution in [2.24, 2.45) is 5.92 Å². The van der Waals surface area contributed by atoms with Crippen molar-refractivity contribution in [1.82, 2.24) is 5.32 Å². The van der Waals surface area contributed by atoms with Gasteiger partial charge in [-0.25, -0.2) is 8.42 Å². The lowest BCUT2D eigenvalue weighted by atomic mass is 10.2. The monoisotopic (exact) mass is 149 g/mol. The molecule has 0 aliphatic carbocycles. The molecule has 0 atom stereocenters. The van der Waals surface area contributed by atoms with Gasteiger partial charge in [0.15, 0.2) is 9.84 Å². The Morgan fingerprint density at radius 2 is 2.11 bits per heavy atom. The van der Waals surface area contributed by atoms with Gasteiger partial charge >= 0.3 is 0 Å². The Bertz CT molecular complexity index is 173. The summed E-state index contributed by atoms with van der Waals surface area (Å²) in [7, 11) is -0.755. The summed E-state index contributed by atoms with van der Waals surface area (Å²) >= 11 is 0. The Labute approximate surface area is 55.4 Å². The van der Waals surface area contributed by atoms with E-state index in [1.807, 2.05) is 7.05 Å². The Kier molecular flexibility index (Phi) is 1.77. The maximum absolute atomic E-state index is 10.5. The molecule has 0 saturated carbocycles. The third-order valence-corrected chi connectivity index (χ3v) is 3.43. The summed E-state index contributed by atoms with van der Waals surface area (Å²) in [5.41, 5.74) is 0. The van der Waals surface area contributed by atoms with Crippen LogP contribution in [0.4, 0.5) is 0 Å². The first-order valence-corrected chi connectivity index (χ1v) is 4.81. The highest BCUT2D eigenvalue weighted by Crippen LogP contribution is 2.16. The fourth-order valence-corrected chi connectivity index (χ4v) is 2.65. The zero-order chi connectivity index (χ0) is 6.91. The Hall–Kier alpha value is -0.0900. The summed E-state index contributed by atoms with van der Waals surface area (Å²) in [6, 6.07) is 0. The van der Waals surface area contributed by atoms with E-state index in [4.69, 9.17) is 0 Å². The van der Waals surface area contributed by atoms with Crippen molar-refractivity contribution in [3.05, 3.63) is 0 Å². The average Bonchev–Trinajstić information content (AvgIpc) is 1.62. The first-order valence-electron chi connectivity index (χ1n) is 2.99. The van der Waals surface area contributed by atoms with Gasteiger partial charge in [-0.05, 0) is 19.5 Å². The molecule has 0 spiro atoms. The number of nitrogens with one attached hydrogen (secondary N) is 1. The third-order valence-electron chi connectivity index (χ3n) is 1.47. The van der Waals surface area contributed by atoms with E-state index in [0.29, 0.717) is 17.4 Å². The van der Waals surface area contributed by atoms with Crippen molar-refractivity contribution in [1.29, 1.82) is 0 Å². The summed E-state index contributed by atoms with van der Waals surface area (Å²) in [4.78, 5) is 0. The molecule has 1 aliphatic rings. The molecule has 0 aromatic carbocycles. The predicted octanol–water partition coefficient (Wildman–Crippen LogP) is -0.750. The minimum atomic E-state index is -2.59. The van der Waals surface area contributed by atoms with Gasteiger partial charge in [-0.3, -0.25) is 0 Å². The van der Waals surface area contributed by atoms with Gasteiger partial charge in [0.1, 0.15) is 0 Å². The van der Waals surface area contributed by atoms with Gasteiger partial charge in [0.2, 0.25) is 0 Å². The molecule has 3 nitrogen and oxygen atoms in total. The van der Waals surface area contributed by atoms with Crippen molar-refractivity contribution >= 4 is 9.84 Å². The smallest absolute Gasteiger partial charge is 0.151 e. The van der Waals surface area contributed by atoms with Crippen LogP contribution in [-0.4, -0.2) is 33.5 Å². The highest BCUT2D eigenvalue weighted by Gasteiger charge is 2.32. The van der Waals surface area contributed by atoms with Gasteiger partial charge in [0.25, 0.3) is 0 Å². The van der Waals surface area contributed by atoms with Crippen LogP contribution in [0.3, 0.4) is 0 Å². The number of hydrogen-bond acceptors (Lipinski definition) is 3. The standard InChI is InChI=1S/C5H11NO2S/c1-6-2-5-3-9(7,8)4-5/h5-6H,2-4H2,1H3. The molecule has 1 rings (SSSR count). The molecule has 0 aromatic heterocycles. The molecular formula is C5H11NO2S. The van der Waals surface area contributed by atoms with Gasteiger partial charge < -0.3 is 5.32 Å². The van der Waals surface area contributed by atoms with Crippen LogP contribution in [-0.2, 0) is 9.84 Å². The molecule has 1 heterocycles. The van der Waals surface area contributed by atoms with Crippen LogP contribution in [0.5, 0.6) is 0 Å². The molecule has 1 saturated heterocycles. The molecule has 4 heteroatoms. The van der Waals surface area contributed by atoms with Crippen LogP contribution in [0.15, 0.2) is 0 Å². The normalized spacial score (nSPS) is 25.4. The quantitative estimate of drug-likeness (QED) is 0.562. The predicted molar refractivity (Wildman–Crippen MR) is 36.1 cm³/mol. The van der Waals surface area contributed by atoms with Crippen molar-refractivity contribution in [3.63, 3.8) is 0 Å². The molecule has 1 aliphatic heterocycles. The Morgan fingerprint density at radius 1 is 1.56 bits per heavy atom. The van der Waals surface area contributed by atoms with Crippen LogP contribution < -0.4 is 5.32 Å².